The van der Waals surface area contributed by atoms with Gasteiger partial charge in [0.05, 0.1) is 7.11 Å². The van der Waals surface area contributed by atoms with Gasteiger partial charge in [0.2, 0.25) is 0 Å². The second-order valence-corrected chi connectivity index (χ2v) is 7.32. The Morgan fingerprint density at radius 1 is 1.05 bits per heavy atom. The number of ether oxygens (including phenoxy) is 1. The van der Waals surface area contributed by atoms with E-state index in [9.17, 15) is 0 Å². The summed E-state index contributed by atoms with van der Waals surface area (Å²) in [6.07, 6.45) is 8.45. The minimum Gasteiger partial charge on any atom is -0.497 e. The summed E-state index contributed by atoms with van der Waals surface area (Å²) in [6, 6.07) is 6.00. The van der Waals surface area contributed by atoms with E-state index in [1.165, 1.54) is 38.5 Å². The lowest BCUT2D eigenvalue weighted by molar-refractivity contribution is 0.0107. The van der Waals surface area contributed by atoms with Crippen molar-refractivity contribution >= 4 is 11.4 Å². The lowest BCUT2D eigenvalue weighted by Gasteiger charge is -2.57. The van der Waals surface area contributed by atoms with Crippen LogP contribution < -0.4 is 15.8 Å². The first-order chi connectivity index (χ1) is 9.64. The minimum absolute atomic E-state index is 0.327. The molecule has 3 heteroatoms. The number of nitrogens with two attached hydrogens (primary N) is 1. The van der Waals surface area contributed by atoms with Crippen LogP contribution in [0.3, 0.4) is 0 Å². The molecule has 0 amide bonds. The molecular weight excluding hydrogens is 248 g/mol. The van der Waals surface area contributed by atoms with Crippen LogP contribution in [0.2, 0.25) is 0 Å². The molecule has 0 saturated heterocycles. The highest BCUT2D eigenvalue weighted by Crippen LogP contribution is 2.56. The Labute approximate surface area is 120 Å². The highest BCUT2D eigenvalue weighted by Gasteiger charge is 2.50. The van der Waals surface area contributed by atoms with Crippen molar-refractivity contribution in [2.24, 2.45) is 17.8 Å². The molecule has 0 spiro atoms. The summed E-state index contributed by atoms with van der Waals surface area (Å²) in [6.45, 7) is 0. The second kappa shape index (κ2) is 4.31. The lowest BCUT2D eigenvalue weighted by Crippen LogP contribution is -2.54. The topological polar surface area (TPSA) is 47.3 Å². The van der Waals surface area contributed by atoms with Crippen LogP contribution >= 0.6 is 0 Å². The zero-order valence-corrected chi connectivity index (χ0v) is 12.2. The molecule has 0 unspecified atom stereocenters. The fraction of sp³-hybridized carbons (Fsp3) is 0.647. The summed E-state index contributed by atoms with van der Waals surface area (Å²) < 4.78 is 5.34. The van der Waals surface area contributed by atoms with Crippen LogP contribution in [0.25, 0.3) is 0 Å². The number of hydrogen-bond donors (Lipinski definition) is 2. The molecule has 1 aromatic rings. The third-order valence-electron chi connectivity index (χ3n) is 5.61. The van der Waals surface area contributed by atoms with Gasteiger partial charge >= 0.3 is 0 Å². The van der Waals surface area contributed by atoms with Gasteiger partial charge in [-0.2, -0.15) is 0 Å². The van der Waals surface area contributed by atoms with Gasteiger partial charge in [-0.15, -0.1) is 0 Å². The van der Waals surface area contributed by atoms with Crippen molar-refractivity contribution < 1.29 is 4.74 Å². The van der Waals surface area contributed by atoms with E-state index in [-0.39, 0.29) is 0 Å². The zero-order chi connectivity index (χ0) is 13.7. The molecule has 0 atom stereocenters. The molecule has 0 aromatic heterocycles. The molecule has 0 aliphatic heterocycles. The number of anilines is 2. The summed E-state index contributed by atoms with van der Waals surface area (Å²) in [4.78, 5) is 0. The predicted molar refractivity (Wildman–Crippen MR) is 81.9 cm³/mol. The van der Waals surface area contributed by atoms with Gasteiger partial charge in [-0.05, 0) is 62.3 Å². The minimum atomic E-state index is 0.327. The molecule has 0 heterocycles. The fourth-order valence-corrected chi connectivity index (χ4v) is 5.38. The molecule has 4 aliphatic rings. The average Bonchev–Trinajstić information content (AvgIpc) is 2.35. The van der Waals surface area contributed by atoms with Crippen molar-refractivity contribution in [2.75, 3.05) is 18.2 Å². The third-order valence-corrected chi connectivity index (χ3v) is 5.61. The van der Waals surface area contributed by atoms with E-state index in [1.807, 2.05) is 12.1 Å². The normalized spacial score (nSPS) is 38.0. The number of nitrogens with one attached hydrogen (secondary N) is 1. The fourth-order valence-electron chi connectivity index (χ4n) is 5.38. The van der Waals surface area contributed by atoms with E-state index < -0.39 is 0 Å². The first kappa shape index (κ1) is 12.4. The Balaban J connectivity index is 1.61. The molecule has 0 radical (unpaired) electrons. The molecule has 4 bridgehead atoms. The highest BCUT2D eigenvalue weighted by molar-refractivity contribution is 5.60. The van der Waals surface area contributed by atoms with Crippen molar-refractivity contribution in [1.82, 2.24) is 0 Å². The van der Waals surface area contributed by atoms with E-state index in [1.54, 1.807) is 7.11 Å². The first-order valence-corrected chi connectivity index (χ1v) is 7.87. The summed E-state index contributed by atoms with van der Waals surface area (Å²) in [5, 5.41) is 3.84. The maximum Gasteiger partial charge on any atom is 0.122 e. The first-order valence-electron chi connectivity index (χ1n) is 7.87. The number of nitrogen functional groups attached to an aromatic ring is 1. The van der Waals surface area contributed by atoms with Crippen LogP contribution in [-0.4, -0.2) is 12.6 Å². The summed E-state index contributed by atoms with van der Waals surface area (Å²) in [7, 11) is 1.70. The van der Waals surface area contributed by atoms with Gasteiger partial charge < -0.3 is 15.8 Å². The third kappa shape index (κ3) is 2.04. The van der Waals surface area contributed by atoms with Crippen LogP contribution in [0.4, 0.5) is 11.4 Å². The number of methoxy groups -OCH3 is 1. The maximum absolute atomic E-state index is 5.98. The number of benzene rings is 1. The Morgan fingerprint density at radius 2 is 1.65 bits per heavy atom. The molecule has 1 aromatic carbocycles. The second-order valence-electron chi connectivity index (χ2n) is 7.32. The van der Waals surface area contributed by atoms with E-state index >= 15 is 0 Å². The van der Waals surface area contributed by atoms with Gasteiger partial charge in [0.1, 0.15) is 5.75 Å². The van der Waals surface area contributed by atoms with Crippen molar-refractivity contribution in [3.63, 3.8) is 0 Å². The van der Waals surface area contributed by atoms with Gasteiger partial charge in [-0.1, -0.05) is 0 Å². The standard InChI is InChI=1S/C17H24N2O/c1-20-16-6-14(18)5-15(7-16)19-17-8-11-2-12(9-17)4-13(3-11)10-17/h5-7,11-13,19H,2-4,8-10,18H2,1H3. The monoisotopic (exact) mass is 272 g/mol. The number of rotatable bonds is 3. The molecular formula is C17H24N2O. The predicted octanol–water partition coefficient (Wildman–Crippen LogP) is 3.66. The van der Waals surface area contributed by atoms with Gasteiger partial charge in [0.15, 0.2) is 0 Å². The van der Waals surface area contributed by atoms with E-state index in [0.29, 0.717) is 5.54 Å². The van der Waals surface area contributed by atoms with Gasteiger partial charge in [0, 0.05) is 29.0 Å². The molecule has 20 heavy (non-hydrogen) atoms. The summed E-state index contributed by atoms with van der Waals surface area (Å²) in [5.41, 5.74) is 8.21. The Bertz CT molecular complexity index is 490. The summed E-state index contributed by atoms with van der Waals surface area (Å²) >= 11 is 0. The smallest absolute Gasteiger partial charge is 0.122 e. The van der Waals surface area contributed by atoms with Crippen LogP contribution in [0.5, 0.6) is 5.75 Å². The molecule has 108 valence electrons. The average molecular weight is 272 g/mol. The van der Waals surface area contributed by atoms with Crippen LogP contribution in [0.1, 0.15) is 38.5 Å². The maximum atomic E-state index is 5.98. The van der Waals surface area contributed by atoms with E-state index in [2.05, 4.69) is 11.4 Å². The SMILES string of the molecule is COc1cc(N)cc(NC23CC4CC(CC(C4)C2)C3)c1. The van der Waals surface area contributed by atoms with Crippen molar-refractivity contribution in [3.05, 3.63) is 18.2 Å². The summed E-state index contributed by atoms with van der Waals surface area (Å²) in [5.74, 6) is 3.71. The van der Waals surface area contributed by atoms with E-state index in [0.717, 1.165) is 34.9 Å². The quantitative estimate of drug-likeness (QED) is 0.826. The van der Waals surface area contributed by atoms with Crippen molar-refractivity contribution in [2.45, 2.75) is 44.1 Å². The van der Waals surface area contributed by atoms with Crippen LogP contribution in [-0.2, 0) is 0 Å². The van der Waals surface area contributed by atoms with Crippen molar-refractivity contribution in [3.8, 4) is 5.75 Å². The Morgan fingerprint density at radius 3 is 2.20 bits per heavy atom. The largest absolute Gasteiger partial charge is 0.497 e. The molecule has 3 N–H and O–H groups in total. The molecule has 4 aliphatic carbocycles. The van der Waals surface area contributed by atoms with Crippen molar-refractivity contribution in [1.29, 1.82) is 0 Å². The molecule has 4 saturated carbocycles. The van der Waals surface area contributed by atoms with Crippen LogP contribution in [0.15, 0.2) is 18.2 Å². The Kier molecular flexibility index (Phi) is 2.66. The molecule has 5 rings (SSSR count). The molecule has 3 nitrogen and oxygen atoms in total. The highest BCUT2D eigenvalue weighted by atomic mass is 16.5. The zero-order valence-electron chi connectivity index (χ0n) is 12.2. The van der Waals surface area contributed by atoms with Gasteiger partial charge in [-0.3, -0.25) is 0 Å². The number of hydrogen-bond acceptors (Lipinski definition) is 3. The van der Waals surface area contributed by atoms with Gasteiger partial charge in [-0.25, -0.2) is 0 Å². The van der Waals surface area contributed by atoms with E-state index in [4.69, 9.17) is 10.5 Å². The lowest BCUT2D eigenvalue weighted by atomic mass is 9.53. The Hall–Kier alpha value is -1.38. The van der Waals surface area contributed by atoms with Gasteiger partial charge in [0.25, 0.3) is 0 Å². The van der Waals surface area contributed by atoms with Crippen LogP contribution in [0, 0.1) is 17.8 Å². The molecule has 4 fully saturated rings.